The van der Waals surface area contributed by atoms with Gasteiger partial charge in [0, 0.05) is 25.8 Å². The molecule has 2 heterocycles. The third-order valence-electron chi connectivity index (χ3n) is 5.48. The van der Waals surface area contributed by atoms with Crippen LogP contribution in [0.5, 0.6) is 5.88 Å². The van der Waals surface area contributed by atoms with E-state index >= 15 is 0 Å². The summed E-state index contributed by atoms with van der Waals surface area (Å²) in [6, 6.07) is 3.48. The summed E-state index contributed by atoms with van der Waals surface area (Å²) in [5.41, 5.74) is 8.00. The molecule has 33 heavy (non-hydrogen) atoms. The lowest BCUT2D eigenvalue weighted by atomic mass is 9.95. The predicted molar refractivity (Wildman–Crippen MR) is 127 cm³/mol. The number of amides is 1. The summed E-state index contributed by atoms with van der Waals surface area (Å²) in [6.07, 6.45) is 7.08. The molecule has 1 fully saturated rings. The van der Waals surface area contributed by atoms with Crippen molar-refractivity contribution in [2.24, 2.45) is 15.1 Å². The number of nitrogens with one attached hydrogen (secondary N) is 1. The maximum atomic E-state index is 12.6. The monoisotopic (exact) mass is 477 g/mol. The summed E-state index contributed by atoms with van der Waals surface area (Å²) in [5.74, 6) is 0.0939. The van der Waals surface area contributed by atoms with Gasteiger partial charge in [0.15, 0.2) is 0 Å². The van der Waals surface area contributed by atoms with Gasteiger partial charge in [0.1, 0.15) is 17.6 Å². The fourth-order valence-electron chi connectivity index (χ4n) is 3.56. The number of amidine groups is 1. The number of aliphatic hydroxyl groups is 1. The molecular weight excluding hydrogens is 446 g/mol. The quantitative estimate of drug-likeness (QED) is 0.390. The Bertz CT molecular complexity index is 1130. The molecule has 2 aromatic heterocycles. The second-order valence-electron chi connectivity index (χ2n) is 8.13. The fourth-order valence-corrected chi connectivity index (χ4v) is 4.57. The van der Waals surface area contributed by atoms with Crippen LogP contribution in [-0.4, -0.2) is 69.0 Å². The van der Waals surface area contributed by atoms with Crippen LogP contribution < -0.4 is 10.5 Å². The highest BCUT2D eigenvalue weighted by molar-refractivity contribution is 7.93. The van der Waals surface area contributed by atoms with Crippen molar-refractivity contribution in [3.63, 3.8) is 0 Å². The van der Waals surface area contributed by atoms with Crippen molar-refractivity contribution in [1.82, 2.24) is 9.97 Å². The molecular formula is C22H31N5O5S. The minimum absolute atomic E-state index is 0.0430. The standard InChI is InChI=1S/C22H31N5O5S/c1-14-17(21(29)27-33(3,30)12-11-31-2)13-25-19(14)20(23)26-18-5-4-10-24-22(18)32-16-8-6-15(28)7-9-16/h4-5,10,13,15-16,25,28H,6-9,11-12H2,1-3H3,(H2,23,26). The number of carbonyl (C=O) groups is 1. The number of H-pyrrole nitrogens is 1. The zero-order valence-corrected chi connectivity index (χ0v) is 19.9. The maximum Gasteiger partial charge on any atom is 0.286 e. The Morgan fingerprint density at radius 3 is 2.79 bits per heavy atom. The molecule has 3 rings (SSSR count). The Morgan fingerprint density at radius 2 is 2.09 bits per heavy atom. The van der Waals surface area contributed by atoms with Crippen molar-refractivity contribution in [3.05, 3.63) is 41.3 Å². The van der Waals surface area contributed by atoms with Gasteiger partial charge in [0.05, 0.1) is 39.5 Å². The van der Waals surface area contributed by atoms with Crippen LogP contribution in [0.1, 0.15) is 47.3 Å². The number of nitrogens with zero attached hydrogens (tertiary/aromatic N) is 3. The molecule has 180 valence electrons. The Kier molecular flexibility index (Phi) is 8.22. The molecule has 10 nitrogen and oxygen atoms in total. The van der Waals surface area contributed by atoms with Crippen molar-refractivity contribution >= 4 is 27.2 Å². The molecule has 4 N–H and O–H groups in total. The van der Waals surface area contributed by atoms with E-state index in [1.54, 1.807) is 25.3 Å². The number of aromatic nitrogens is 2. The average molecular weight is 478 g/mol. The van der Waals surface area contributed by atoms with Crippen molar-refractivity contribution in [1.29, 1.82) is 0 Å². The van der Waals surface area contributed by atoms with E-state index < -0.39 is 15.6 Å². The molecule has 1 amide bonds. The van der Waals surface area contributed by atoms with Gasteiger partial charge in [-0.3, -0.25) is 4.79 Å². The van der Waals surface area contributed by atoms with E-state index in [-0.39, 0.29) is 36.0 Å². The van der Waals surface area contributed by atoms with Crippen LogP contribution in [0.4, 0.5) is 5.69 Å². The maximum absolute atomic E-state index is 12.6. The van der Waals surface area contributed by atoms with Crippen molar-refractivity contribution < 1.29 is 23.6 Å². The van der Waals surface area contributed by atoms with E-state index in [0.29, 0.717) is 35.7 Å². The van der Waals surface area contributed by atoms with E-state index in [4.69, 9.17) is 15.2 Å². The zero-order valence-electron chi connectivity index (χ0n) is 19.1. The van der Waals surface area contributed by atoms with Gasteiger partial charge in [-0.2, -0.15) is 4.36 Å². The molecule has 0 bridgehead atoms. The number of hydrogen-bond donors (Lipinski definition) is 3. The molecule has 0 radical (unpaired) electrons. The SMILES string of the molecule is COCCS(C)(=O)=NC(=O)c1c[nH]c(C(N)=Nc2cccnc2OC2CCC(O)CC2)c1C. The minimum Gasteiger partial charge on any atom is -0.473 e. The smallest absolute Gasteiger partial charge is 0.286 e. The molecule has 1 saturated carbocycles. The first-order valence-electron chi connectivity index (χ1n) is 10.8. The summed E-state index contributed by atoms with van der Waals surface area (Å²) in [5, 5.41) is 9.69. The number of aromatic amines is 1. The Balaban J connectivity index is 1.81. The van der Waals surface area contributed by atoms with E-state index in [9.17, 15) is 14.1 Å². The number of hydrogen-bond acceptors (Lipinski definition) is 7. The minimum atomic E-state index is -2.71. The molecule has 2 aromatic rings. The lowest BCUT2D eigenvalue weighted by Crippen LogP contribution is -2.26. The van der Waals surface area contributed by atoms with E-state index in [0.717, 1.165) is 12.8 Å². The van der Waals surface area contributed by atoms with E-state index in [1.165, 1.54) is 19.6 Å². The molecule has 11 heteroatoms. The first kappa shape index (κ1) is 24.9. The normalized spacial score (nSPS) is 20.8. The van der Waals surface area contributed by atoms with E-state index in [1.807, 2.05) is 0 Å². The van der Waals surface area contributed by atoms with Crippen molar-refractivity contribution in [2.75, 3.05) is 25.7 Å². The van der Waals surface area contributed by atoms with Gasteiger partial charge in [-0.15, -0.1) is 0 Å². The third kappa shape index (κ3) is 6.62. The topological polar surface area (TPSA) is 152 Å². The zero-order chi connectivity index (χ0) is 24.0. The van der Waals surface area contributed by atoms with Crippen molar-refractivity contribution in [3.8, 4) is 5.88 Å². The highest BCUT2D eigenvalue weighted by Gasteiger charge is 2.22. The molecule has 0 saturated heterocycles. The van der Waals surface area contributed by atoms with Gasteiger partial charge in [0.2, 0.25) is 5.88 Å². The molecule has 1 aliphatic carbocycles. The number of carbonyl (C=O) groups excluding carboxylic acids is 1. The first-order chi connectivity index (χ1) is 15.7. The number of aliphatic imine (C=N–C) groups is 1. The highest BCUT2D eigenvalue weighted by Crippen LogP contribution is 2.29. The van der Waals surface area contributed by atoms with Crippen molar-refractivity contribution in [2.45, 2.75) is 44.8 Å². The average Bonchev–Trinajstić information content (AvgIpc) is 3.16. The second kappa shape index (κ2) is 10.9. The second-order valence-corrected chi connectivity index (χ2v) is 10.6. The Morgan fingerprint density at radius 1 is 1.36 bits per heavy atom. The van der Waals surface area contributed by atoms with Crippen LogP contribution in [0.3, 0.4) is 0 Å². The Hall–Kier alpha value is -2.76. The molecule has 0 aromatic carbocycles. The predicted octanol–water partition coefficient (Wildman–Crippen LogP) is 2.32. The van der Waals surface area contributed by atoms with Gasteiger partial charge in [-0.25, -0.2) is 14.2 Å². The van der Waals surface area contributed by atoms with Crippen LogP contribution in [0.2, 0.25) is 0 Å². The number of nitrogens with two attached hydrogens (primary N) is 1. The number of ether oxygens (including phenoxy) is 2. The van der Waals surface area contributed by atoms with Gasteiger partial charge in [-0.05, 0) is 50.3 Å². The lowest BCUT2D eigenvalue weighted by molar-refractivity contribution is 0.0647. The lowest BCUT2D eigenvalue weighted by Gasteiger charge is -2.26. The molecule has 0 aliphatic heterocycles. The number of pyridine rings is 1. The molecule has 1 aliphatic rings. The molecule has 1 unspecified atom stereocenters. The number of methoxy groups -OCH3 is 1. The van der Waals surface area contributed by atoms with Gasteiger partial charge < -0.3 is 25.3 Å². The van der Waals surface area contributed by atoms with Gasteiger partial charge >= 0.3 is 0 Å². The third-order valence-corrected chi connectivity index (χ3v) is 6.96. The van der Waals surface area contributed by atoms with E-state index in [2.05, 4.69) is 19.3 Å². The first-order valence-corrected chi connectivity index (χ1v) is 12.8. The van der Waals surface area contributed by atoms with Crippen LogP contribution in [0.15, 0.2) is 33.9 Å². The fraction of sp³-hybridized carbons (Fsp3) is 0.500. The number of aliphatic hydroxyl groups excluding tert-OH is 1. The largest absolute Gasteiger partial charge is 0.473 e. The summed E-state index contributed by atoms with van der Waals surface area (Å²) in [4.78, 5) is 24.3. The summed E-state index contributed by atoms with van der Waals surface area (Å²) < 4.78 is 27.3. The van der Waals surface area contributed by atoms with Crippen LogP contribution >= 0.6 is 0 Å². The van der Waals surface area contributed by atoms with Crippen LogP contribution in [0, 0.1) is 6.92 Å². The van der Waals surface area contributed by atoms with Crippen LogP contribution in [-0.2, 0) is 14.5 Å². The Labute approximate surface area is 193 Å². The highest BCUT2D eigenvalue weighted by atomic mass is 32.2. The molecule has 1 atom stereocenters. The summed E-state index contributed by atoms with van der Waals surface area (Å²) in [6.45, 7) is 1.97. The molecule has 0 spiro atoms. The summed E-state index contributed by atoms with van der Waals surface area (Å²) >= 11 is 0. The summed E-state index contributed by atoms with van der Waals surface area (Å²) in [7, 11) is -1.21. The van der Waals surface area contributed by atoms with Gasteiger partial charge in [0.25, 0.3) is 5.91 Å². The van der Waals surface area contributed by atoms with Gasteiger partial charge in [-0.1, -0.05) is 0 Å². The van der Waals surface area contributed by atoms with Crippen LogP contribution in [0.25, 0.3) is 0 Å². The number of rotatable bonds is 8.